The third kappa shape index (κ3) is 4.56. The van der Waals surface area contributed by atoms with Gasteiger partial charge < -0.3 is 10.6 Å². The van der Waals surface area contributed by atoms with E-state index in [1.54, 1.807) is 12.1 Å². The van der Waals surface area contributed by atoms with Gasteiger partial charge in [0.25, 0.3) is 0 Å². The Bertz CT molecular complexity index is 984. The van der Waals surface area contributed by atoms with E-state index in [1.807, 2.05) is 6.07 Å². The van der Waals surface area contributed by atoms with Crippen LogP contribution in [0.2, 0.25) is 0 Å². The first kappa shape index (κ1) is 19.6. The van der Waals surface area contributed by atoms with E-state index < -0.39 is 17.6 Å². The molecule has 0 aromatic heterocycles. The molecule has 2 aromatic carbocycles. The van der Waals surface area contributed by atoms with Gasteiger partial charge in [-0.3, -0.25) is 9.59 Å². The Morgan fingerprint density at radius 2 is 1.93 bits per heavy atom. The minimum absolute atomic E-state index is 0.0460. The summed E-state index contributed by atoms with van der Waals surface area (Å²) >= 11 is 0.985. The lowest BCUT2D eigenvalue weighted by Gasteiger charge is -2.25. The molecular weight excluding hydrogens is 384 g/mol. The zero-order chi connectivity index (χ0) is 20.1. The summed E-state index contributed by atoms with van der Waals surface area (Å²) in [7, 11) is 0. The molecule has 28 heavy (non-hydrogen) atoms. The summed E-state index contributed by atoms with van der Waals surface area (Å²) in [6, 6.07) is 13.3. The highest BCUT2D eigenvalue weighted by molar-refractivity contribution is 8.03. The number of nitrogens with zero attached hydrogens (tertiary/aromatic N) is 1. The number of rotatable bonds is 5. The number of hydrogen-bond donors (Lipinski definition) is 2. The lowest BCUT2D eigenvalue weighted by molar-refractivity contribution is -0.121. The van der Waals surface area contributed by atoms with Crippen LogP contribution in [0.4, 0.5) is 14.5 Å². The molecule has 0 spiro atoms. The minimum atomic E-state index is -0.706. The van der Waals surface area contributed by atoms with Gasteiger partial charge in [0.2, 0.25) is 11.8 Å². The van der Waals surface area contributed by atoms with E-state index >= 15 is 0 Å². The third-order valence-electron chi connectivity index (χ3n) is 4.11. The lowest BCUT2D eigenvalue weighted by Crippen LogP contribution is -2.31. The van der Waals surface area contributed by atoms with E-state index in [0.29, 0.717) is 5.69 Å². The predicted molar refractivity (Wildman–Crippen MR) is 102 cm³/mol. The fourth-order valence-corrected chi connectivity index (χ4v) is 3.70. The zero-order valence-electron chi connectivity index (χ0n) is 14.5. The van der Waals surface area contributed by atoms with Crippen molar-refractivity contribution in [2.45, 2.75) is 12.3 Å². The molecule has 0 bridgehead atoms. The third-order valence-corrected chi connectivity index (χ3v) is 5.13. The molecule has 0 fully saturated rings. The highest BCUT2D eigenvalue weighted by Gasteiger charge is 2.31. The SMILES string of the molecule is N#CC1=C(SCC(=O)Nc2ccc(F)cc2)NC(=O)C[C@H]1c1ccccc1F. The molecule has 1 aliphatic heterocycles. The normalized spacial score (nSPS) is 16.3. The first-order chi connectivity index (χ1) is 13.5. The summed E-state index contributed by atoms with van der Waals surface area (Å²) in [5.41, 5.74) is 0.908. The molecule has 1 heterocycles. The van der Waals surface area contributed by atoms with E-state index in [-0.39, 0.29) is 40.2 Å². The standard InChI is InChI=1S/C20H15F2N3O2S/c21-12-5-7-13(8-6-12)24-19(27)11-28-20-16(10-23)15(9-18(26)25-20)14-3-1-2-4-17(14)22/h1-8,15H,9,11H2,(H,24,27)(H,25,26)/t15-/m0/s1. The van der Waals surface area contributed by atoms with Crippen molar-refractivity contribution in [3.8, 4) is 6.07 Å². The lowest BCUT2D eigenvalue weighted by atomic mass is 9.87. The maximum absolute atomic E-state index is 14.2. The Balaban J connectivity index is 1.76. The molecule has 5 nitrogen and oxygen atoms in total. The molecule has 0 aliphatic carbocycles. The van der Waals surface area contributed by atoms with Crippen molar-refractivity contribution in [3.63, 3.8) is 0 Å². The van der Waals surface area contributed by atoms with Gasteiger partial charge in [-0.1, -0.05) is 30.0 Å². The Kier molecular flexibility index (Phi) is 6.06. The van der Waals surface area contributed by atoms with Crippen LogP contribution in [0.25, 0.3) is 0 Å². The fourth-order valence-electron chi connectivity index (χ4n) is 2.82. The molecule has 8 heteroatoms. The van der Waals surface area contributed by atoms with Gasteiger partial charge in [-0.25, -0.2) is 8.78 Å². The van der Waals surface area contributed by atoms with E-state index in [1.165, 1.54) is 36.4 Å². The van der Waals surface area contributed by atoms with Crippen LogP contribution >= 0.6 is 11.8 Å². The number of amides is 2. The summed E-state index contributed by atoms with van der Waals surface area (Å²) in [6.45, 7) is 0. The highest BCUT2D eigenvalue weighted by atomic mass is 32.2. The first-order valence-corrected chi connectivity index (χ1v) is 9.33. The molecule has 2 amide bonds. The molecule has 1 atom stereocenters. The molecular formula is C20H15F2N3O2S. The Labute approximate surface area is 164 Å². The summed E-state index contributed by atoms with van der Waals surface area (Å²) in [5, 5.41) is 15.0. The summed E-state index contributed by atoms with van der Waals surface area (Å²) in [5.74, 6) is -2.43. The van der Waals surface area contributed by atoms with Gasteiger partial charge in [0, 0.05) is 18.0 Å². The summed E-state index contributed by atoms with van der Waals surface area (Å²) in [6.07, 6.45) is -0.0460. The van der Waals surface area contributed by atoms with Crippen LogP contribution in [0.15, 0.2) is 59.1 Å². The quantitative estimate of drug-likeness (QED) is 0.804. The second kappa shape index (κ2) is 8.67. The maximum atomic E-state index is 14.2. The van der Waals surface area contributed by atoms with E-state index in [9.17, 15) is 23.6 Å². The number of hydrogen-bond acceptors (Lipinski definition) is 4. The molecule has 3 rings (SSSR count). The molecule has 2 N–H and O–H groups in total. The average Bonchev–Trinajstić information content (AvgIpc) is 2.68. The molecule has 0 radical (unpaired) electrons. The monoisotopic (exact) mass is 399 g/mol. The zero-order valence-corrected chi connectivity index (χ0v) is 15.4. The number of thioether (sulfide) groups is 1. The van der Waals surface area contributed by atoms with Crippen LogP contribution in [0, 0.1) is 23.0 Å². The Morgan fingerprint density at radius 1 is 1.21 bits per heavy atom. The molecule has 2 aromatic rings. The molecule has 0 saturated carbocycles. The average molecular weight is 399 g/mol. The highest BCUT2D eigenvalue weighted by Crippen LogP contribution is 2.36. The second-order valence-corrected chi connectivity index (χ2v) is 7.01. The van der Waals surface area contributed by atoms with Gasteiger partial charge >= 0.3 is 0 Å². The number of benzene rings is 2. The number of nitriles is 1. The Hall–Kier alpha value is -3.18. The summed E-state index contributed by atoms with van der Waals surface area (Å²) in [4.78, 5) is 24.2. The molecule has 0 saturated heterocycles. The Morgan fingerprint density at radius 3 is 2.61 bits per heavy atom. The number of halogens is 2. The molecule has 1 aliphatic rings. The van der Waals surface area contributed by atoms with Crippen LogP contribution in [0.5, 0.6) is 0 Å². The number of carbonyl (C=O) groups is 2. The second-order valence-electron chi connectivity index (χ2n) is 6.02. The van der Waals surface area contributed by atoms with Crippen LogP contribution in [0.3, 0.4) is 0 Å². The largest absolute Gasteiger partial charge is 0.325 e. The number of allylic oxidation sites excluding steroid dienone is 1. The van der Waals surface area contributed by atoms with Crippen LogP contribution < -0.4 is 10.6 Å². The number of nitrogens with one attached hydrogen (secondary N) is 2. The van der Waals surface area contributed by atoms with Crippen molar-refractivity contribution in [2.24, 2.45) is 0 Å². The van der Waals surface area contributed by atoms with Gasteiger partial charge in [-0.15, -0.1) is 0 Å². The predicted octanol–water partition coefficient (Wildman–Crippen LogP) is 3.68. The van der Waals surface area contributed by atoms with Crippen molar-refractivity contribution >= 4 is 29.3 Å². The number of carbonyl (C=O) groups excluding carboxylic acids is 2. The van der Waals surface area contributed by atoms with E-state index in [2.05, 4.69) is 10.6 Å². The van der Waals surface area contributed by atoms with Gasteiger partial charge in [0.1, 0.15) is 11.6 Å². The first-order valence-electron chi connectivity index (χ1n) is 8.34. The molecule has 142 valence electrons. The van der Waals surface area contributed by atoms with Crippen molar-refractivity contribution in [3.05, 3.63) is 76.3 Å². The summed E-state index contributed by atoms with van der Waals surface area (Å²) < 4.78 is 27.1. The van der Waals surface area contributed by atoms with Crippen LogP contribution in [-0.2, 0) is 9.59 Å². The van der Waals surface area contributed by atoms with Crippen molar-refractivity contribution in [1.29, 1.82) is 5.26 Å². The van der Waals surface area contributed by atoms with Crippen molar-refractivity contribution in [2.75, 3.05) is 11.1 Å². The molecule has 0 unspecified atom stereocenters. The smallest absolute Gasteiger partial charge is 0.234 e. The van der Waals surface area contributed by atoms with E-state index in [4.69, 9.17) is 0 Å². The van der Waals surface area contributed by atoms with Gasteiger partial charge in [-0.05, 0) is 35.9 Å². The number of anilines is 1. The topological polar surface area (TPSA) is 82.0 Å². The maximum Gasteiger partial charge on any atom is 0.234 e. The van der Waals surface area contributed by atoms with Gasteiger partial charge in [0.15, 0.2) is 0 Å². The van der Waals surface area contributed by atoms with Crippen LogP contribution in [-0.4, -0.2) is 17.6 Å². The van der Waals surface area contributed by atoms with Crippen LogP contribution in [0.1, 0.15) is 17.9 Å². The van der Waals surface area contributed by atoms with Crippen molar-refractivity contribution < 1.29 is 18.4 Å². The minimum Gasteiger partial charge on any atom is -0.325 e. The van der Waals surface area contributed by atoms with Gasteiger partial charge in [0.05, 0.1) is 22.4 Å². The van der Waals surface area contributed by atoms with E-state index in [0.717, 1.165) is 11.8 Å². The van der Waals surface area contributed by atoms with Crippen molar-refractivity contribution in [1.82, 2.24) is 5.32 Å². The van der Waals surface area contributed by atoms with Gasteiger partial charge in [-0.2, -0.15) is 5.26 Å². The fraction of sp³-hybridized carbons (Fsp3) is 0.150.